The minimum atomic E-state index is -0.333. The molecule has 2 aromatic rings. The van der Waals surface area contributed by atoms with Crippen LogP contribution >= 0.6 is 11.8 Å². The molecule has 0 saturated carbocycles. The van der Waals surface area contributed by atoms with Gasteiger partial charge in [0.2, 0.25) is 0 Å². The number of hydrogen-bond donors (Lipinski definition) is 0. The number of nitrogens with zero attached hydrogens (tertiary/aromatic N) is 2. The van der Waals surface area contributed by atoms with Gasteiger partial charge in [-0.25, -0.2) is 9.37 Å². The average molecular weight is 334 g/mol. The molecule has 5 heteroatoms. The summed E-state index contributed by atoms with van der Waals surface area (Å²) in [5, 5.41) is 0.601. The second-order valence-corrected chi connectivity index (χ2v) is 7.51. The number of Topliss-reactive ketones (excluding diaryl/α,β-unsaturated/α-hetero) is 1. The Morgan fingerprint density at radius 2 is 1.83 bits per heavy atom. The van der Waals surface area contributed by atoms with Crippen molar-refractivity contribution < 1.29 is 9.18 Å². The van der Waals surface area contributed by atoms with E-state index < -0.39 is 0 Å². The number of benzene rings is 1. The number of ketones is 1. The largest absolute Gasteiger partial charge is 0.323 e. The molecule has 0 fully saturated rings. The Balaban J connectivity index is 2.19. The van der Waals surface area contributed by atoms with E-state index in [4.69, 9.17) is 0 Å². The van der Waals surface area contributed by atoms with Crippen molar-refractivity contribution in [3.8, 4) is 0 Å². The topological polar surface area (TPSA) is 34.9 Å². The van der Waals surface area contributed by atoms with Crippen molar-refractivity contribution >= 4 is 17.5 Å². The van der Waals surface area contributed by atoms with Gasteiger partial charge < -0.3 is 4.57 Å². The van der Waals surface area contributed by atoms with Crippen LogP contribution in [-0.2, 0) is 6.54 Å². The number of carbonyl (C=O) groups excluding carboxylic acids is 1. The van der Waals surface area contributed by atoms with E-state index in [0.717, 1.165) is 23.1 Å². The number of hydrogen-bond acceptors (Lipinski definition) is 3. The van der Waals surface area contributed by atoms with Gasteiger partial charge in [-0.3, -0.25) is 4.79 Å². The molecule has 0 radical (unpaired) electrons. The summed E-state index contributed by atoms with van der Waals surface area (Å²) < 4.78 is 15.2. The first kappa shape index (κ1) is 17.7. The number of imidazole rings is 1. The highest BCUT2D eigenvalue weighted by molar-refractivity contribution is 8.00. The Morgan fingerprint density at radius 3 is 2.39 bits per heavy atom. The first-order valence-electron chi connectivity index (χ1n) is 7.79. The van der Waals surface area contributed by atoms with Gasteiger partial charge in [-0.05, 0) is 51.0 Å². The lowest BCUT2D eigenvalue weighted by Gasteiger charge is -2.15. The summed E-state index contributed by atoms with van der Waals surface area (Å²) >= 11 is 1.46. The summed E-state index contributed by atoms with van der Waals surface area (Å²) in [7, 11) is 0. The second-order valence-electron chi connectivity index (χ2n) is 6.20. The van der Waals surface area contributed by atoms with Crippen LogP contribution in [0.3, 0.4) is 0 Å². The minimum Gasteiger partial charge on any atom is -0.323 e. The van der Waals surface area contributed by atoms with Crippen molar-refractivity contribution in [2.75, 3.05) is 0 Å². The molecule has 1 aromatic heterocycles. The van der Waals surface area contributed by atoms with E-state index in [2.05, 4.69) is 30.3 Å². The van der Waals surface area contributed by atoms with Crippen LogP contribution in [-0.4, -0.2) is 20.6 Å². The lowest BCUT2D eigenvalue weighted by atomic mass is 10.1. The minimum absolute atomic E-state index is 0.00981. The highest BCUT2D eigenvalue weighted by Gasteiger charge is 2.21. The quantitative estimate of drug-likeness (QED) is 0.569. The molecule has 1 unspecified atom stereocenters. The van der Waals surface area contributed by atoms with Crippen molar-refractivity contribution in [3.63, 3.8) is 0 Å². The van der Waals surface area contributed by atoms with Crippen molar-refractivity contribution in [1.82, 2.24) is 9.55 Å². The molecule has 3 nitrogen and oxygen atoms in total. The second kappa shape index (κ2) is 7.30. The third-order valence-electron chi connectivity index (χ3n) is 3.75. The summed E-state index contributed by atoms with van der Waals surface area (Å²) in [6.07, 6.45) is 0. The summed E-state index contributed by atoms with van der Waals surface area (Å²) in [5.41, 5.74) is 2.67. The van der Waals surface area contributed by atoms with Gasteiger partial charge in [-0.2, -0.15) is 0 Å². The van der Waals surface area contributed by atoms with Crippen LogP contribution in [0.5, 0.6) is 0 Å². The maximum atomic E-state index is 13.0. The molecule has 0 aliphatic rings. The zero-order valence-electron chi connectivity index (χ0n) is 14.3. The molecule has 1 atom stereocenters. The zero-order chi connectivity index (χ0) is 17.1. The van der Waals surface area contributed by atoms with E-state index in [9.17, 15) is 9.18 Å². The Labute approximate surface area is 141 Å². The van der Waals surface area contributed by atoms with Gasteiger partial charge in [0.05, 0.1) is 10.9 Å². The molecule has 0 aliphatic heterocycles. The predicted molar refractivity (Wildman–Crippen MR) is 92.6 cm³/mol. The van der Waals surface area contributed by atoms with Crippen LogP contribution in [0.15, 0.2) is 29.4 Å². The van der Waals surface area contributed by atoms with Crippen LogP contribution in [0.25, 0.3) is 0 Å². The van der Waals surface area contributed by atoms with Crippen LogP contribution < -0.4 is 0 Å². The smallest absolute Gasteiger partial charge is 0.175 e. The molecule has 1 heterocycles. The zero-order valence-corrected chi connectivity index (χ0v) is 15.1. The molecule has 124 valence electrons. The number of aryl methyl sites for hydroxylation is 1. The first-order chi connectivity index (χ1) is 10.8. The molecule has 2 rings (SSSR count). The lowest BCUT2D eigenvalue weighted by Crippen LogP contribution is -2.15. The van der Waals surface area contributed by atoms with E-state index in [1.165, 1.54) is 36.0 Å². The van der Waals surface area contributed by atoms with Crippen LogP contribution in [0.1, 0.15) is 42.5 Å². The Morgan fingerprint density at radius 1 is 1.22 bits per heavy atom. The molecule has 23 heavy (non-hydrogen) atoms. The standard InChI is InChI=1S/C18H23FN2OS/c1-11(2)10-21-13(4)12(3)20-18(21)23-14(5)17(22)15-6-8-16(19)9-7-15/h6-9,11,14H,10H2,1-5H3. The third kappa shape index (κ3) is 4.22. The maximum Gasteiger partial charge on any atom is 0.175 e. The normalized spacial score (nSPS) is 12.7. The molecule has 1 aromatic carbocycles. The third-order valence-corrected chi connectivity index (χ3v) is 4.84. The van der Waals surface area contributed by atoms with E-state index in [1.54, 1.807) is 0 Å². The Bertz CT molecular complexity index is 692. The predicted octanol–water partition coefficient (Wildman–Crippen LogP) is 4.66. The van der Waals surface area contributed by atoms with Gasteiger partial charge >= 0.3 is 0 Å². The highest BCUT2D eigenvalue weighted by Crippen LogP contribution is 2.28. The molecule has 0 N–H and O–H groups in total. The summed E-state index contributed by atoms with van der Waals surface area (Å²) in [4.78, 5) is 17.1. The van der Waals surface area contributed by atoms with Gasteiger partial charge in [0.1, 0.15) is 5.82 Å². The fraction of sp³-hybridized carbons (Fsp3) is 0.444. The average Bonchev–Trinajstić information content (AvgIpc) is 2.74. The fourth-order valence-electron chi connectivity index (χ4n) is 2.35. The molecular formula is C18H23FN2OS. The molecule has 0 bridgehead atoms. The molecule has 0 aliphatic carbocycles. The van der Waals surface area contributed by atoms with E-state index >= 15 is 0 Å². The summed E-state index contributed by atoms with van der Waals surface area (Å²) in [5.74, 6) is 0.162. The number of halogens is 1. The highest BCUT2D eigenvalue weighted by atomic mass is 32.2. The van der Waals surface area contributed by atoms with Gasteiger partial charge in [-0.1, -0.05) is 25.6 Å². The van der Waals surface area contributed by atoms with Crippen molar-refractivity contribution in [2.45, 2.75) is 51.6 Å². The molecule has 0 spiro atoms. The summed E-state index contributed by atoms with van der Waals surface area (Å²) in [6.45, 7) is 11.1. The number of carbonyl (C=O) groups is 1. The van der Waals surface area contributed by atoms with Crippen molar-refractivity contribution in [1.29, 1.82) is 0 Å². The molecule has 0 saturated heterocycles. The van der Waals surface area contributed by atoms with Crippen molar-refractivity contribution in [2.24, 2.45) is 5.92 Å². The van der Waals surface area contributed by atoms with Gasteiger partial charge in [0, 0.05) is 17.8 Å². The van der Waals surface area contributed by atoms with E-state index in [1.807, 2.05) is 13.8 Å². The van der Waals surface area contributed by atoms with Gasteiger partial charge in [0.25, 0.3) is 0 Å². The number of thioether (sulfide) groups is 1. The van der Waals surface area contributed by atoms with Crippen LogP contribution in [0, 0.1) is 25.6 Å². The van der Waals surface area contributed by atoms with Gasteiger partial charge in [-0.15, -0.1) is 0 Å². The monoisotopic (exact) mass is 334 g/mol. The van der Waals surface area contributed by atoms with E-state index in [-0.39, 0.29) is 16.9 Å². The van der Waals surface area contributed by atoms with Crippen molar-refractivity contribution in [3.05, 3.63) is 47.0 Å². The van der Waals surface area contributed by atoms with Crippen LogP contribution in [0.2, 0.25) is 0 Å². The Kier molecular flexibility index (Phi) is 5.63. The van der Waals surface area contributed by atoms with Crippen LogP contribution in [0.4, 0.5) is 4.39 Å². The van der Waals surface area contributed by atoms with E-state index in [0.29, 0.717) is 11.5 Å². The molecular weight excluding hydrogens is 311 g/mol. The number of rotatable bonds is 6. The Hall–Kier alpha value is -1.62. The maximum absolute atomic E-state index is 13.0. The number of aromatic nitrogens is 2. The lowest BCUT2D eigenvalue weighted by molar-refractivity contribution is 0.0994. The van der Waals surface area contributed by atoms with Gasteiger partial charge in [0.15, 0.2) is 10.9 Å². The molecule has 0 amide bonds. The summed E-state index contributed by atoms with van der Waals surface area (Å²) in [6, 6.07) is 5.70. The fourth-order valence-corrected chi connectivity index (χ4v) is 3.44. The SMILES string of the molecule is Cc1nc(SC(C)C(=O)c2ccc(F)cc2)n(CC(C)C)c1C. The first-order valence-corrected chi connectivity index (χ1v) is 8.67.